The number of guanidine groups is 1. The summed E-state index contributed by atoms with van der Waals surface area (Å²) < 4.78 is 5.08. The van der Waals surface area contributed by atoms with E-state index >= 15 is 0 Å². The molecule has 0 bridgehead atoms. The molecule has 0 spiro atoms. The van der Waals surface area contributed by atoms with Crippen LogP contribution in [0.5, 0.6) is 0 Å². The molecule has 0 radical (unpaired) electrons. The Morgan fingerprint density at radius 3 is 2.87 bits per heavy atom. The predicted octanol–water partition coefficient (Wildman–Crippen LogP) is 2.21. The molecule has 1 aromatic rings. The second-order valence-electron chi connectivity index (χ2n) is 5.98. The first-order valence-electron chi connectivity index (χ1n) is 8.02. The van der Waals surface area contributed by atoms with Crippen LogP contribution in [0.4, 0.5) is 0 Å². The Morgan fingerprint density at radius 2 is 2.17 bits per heavy atom. The van der Waals surface area contributed by atoms with Gasteiger partial charge in [-0.3, -0.25) is 9.89 Å². The van der Waals surface area contributed by atoms with Gasteiger partial charge in [-0.25, -0.2) is 0 Å². The molecule has 1 heterocycles. The number of methoxy groups -OCH3 is 1. The number of nitrogens with zero attached hydrogens (tertiary/aromatic N) is 2. The third kappa shape index (κ3) is 7.05. The third-order valence-corrected chi connectivity index (χ3v) is 4.01. The summed E-state index contributed by atoms with van der Waals surface area (Å²) in [5.41, 5.74) is 7.31. The summed E-state index contributed by atoms with van der Waals surface area (Å²) in [6.45, 7) is 5.55. The molecule has 0 aliphatic carbocycles. The SMILES string of the molecule is COCC(C)NC(N)=NCC1CCCN1Cc1ccccc1.I. The van der Waals surface area contributed by atoms with E-state index in [1.807, 2.05) is 6.92 Å². The summed E-state index contributed by atoms with van der Waals surface area (Å²) in [6, 6.07) is 11.3. The van der Waals surface area contributed by atoms with Gasteiger partial charge in [-0.05, 0) is 31.9 Å². The van der Waals surface area contributed by atoms with Crippen molar-refractivity contribution in [3.8, 4) is 0 Å². The molecule has 5 nitrogen and oxygen atoms in total. The van der Waals surface area contributed by atoms with Crippen LogP contribution in [0.3, 0.4) is 0 Å². The van der Waals surface area contributed by atoms with Gasteiger partial charge >= 0.3 is 0 Å². The first kappa shape index (κ1) is 20.2. The maximum absolute atomic E-state index is 5.95. The molecule has 1 saturated heterocycles. The number of nitrogens with one attached hydrogen (secondary N) is 1. The number of halogens is 1. The van der Waals surface area contributed by atoms with Crippen LogP contribution in [0.1, 0.15) is 25.3 Å². The first-order chi connectivity index (χ1) is 10.7. The number of benzene rings is 1. The number of hydrogen-bond donors (Lipinski definition) is 2. The number of nitrogens with two attached hydrogens (primary N) is 1. The van der Waals surface area contributed by atoms with E-state index < -0.39 is 0 Å². The average molecular weight is 432 g/mol. The predicted molar refractivity (Wildman–Crippen MR) is 106 cm³/mol. The van der Waals surface area contributed by atoms with E-state index in [0.717, 1.165) is 19.6 Å². The highest BCUT2D eigenvalue weighted by Gasteiger charge is 2.24. The Labute approximate surface area is 156 Å². The molecule has 3 N–H and O–H groups in total. The fourth-order valence-electron chi connectivity index (χ4n) is 2.92. The molecule has 0 amide bonds. The van der Waals surface area contributed by atoms with Crippen LogP contribution in [-0.4, -0.2) is 49.7 Å². The van der Waals surface area contributed by atoms with Gasteiger partial charge in [0.25, 0.3) is 0 Å². The molecule has 130 valence electrons. The van der Waals surface area contributed by atoms with Gasteiger partial charge in [0.1, 0.15) is 0 Å². The van der Waals surface area contributed by atoms with Crippen LogP contribution in [0, 0.1) is 0 Å². The monoisotopic (exact) mass is 432 g/mol. The lowest BCUT2D eigenvalue weighted by Gasteiger charge is -2.23. The molecule has 2 atom stereocenters. The molecule has 6 heteroatoms. The van der Waals surface area contributed by atoms with E-state index in [-0.39, 0.29) is 30.0 Å². The van der Waals surface area contributed by atoms with Crippen molar-refractivity contribution in [2.75, 3.05) is 26.8 Å². The van der Waals surface area contributed by atoms with Crippen molar-refractivity contribution in [2.24, 2.45) is 10.7 Å². The van der Waals surface area contributed by atoms with Crippen molar-refractivity contribution in [3.05, 3.63) is 35.9 Å². The minimum atomic E-state index is 0. The highest BCUT2D eigenvalue weighted by molar-refractivity contribution is 14.0. The van der Waals surface area contributed by atoms with Crippen molar-refractivity contribution in [2.45, 2.75) is 38.4 Å². The number of aliphatic imine (C=N–C) groups is 1. The van der Waals surface area contributed by atoms with Gasteiger partial charge in [-0.2, -0.15) is 0 Å². The van der Waals surface area contributed by atoms with E-state index in [2.05, 4.69) is 45.5 Å². The zero-order chi connectivity index (χ0) is 15.8. The standard InChI is InChI=1S/C17H28N4O.HI/c1-14(13-22-2)20-17(18)19-11-16-9-6-10-21(16)12-15-7-4-3-5-8-15;/h3-5,7-8,14,16H,6,9-13H2,1-2H3,(H3,18,19,20);1H. The Morgan fingerprint density at radius 1 is 1.43 bits per heavy atom. The molecule has 1 fully saturated rings. The second kappa shape index (κ2) is 10.8. The van der Waals surface area contributed by atoms with Crippen molar-refractivity contribution >= 4 is 29.9 Å². The molecule has 2 unspecified atom stereocenters. The molecule has 1 aliphatic rings. The Bertz CT molecular complexity index is 469. The molecule has 1 aromatic carbocycles. The fraction of sp³-hybridized carbons (Fsp3) is 0.588. The average Bonchev–Trinajstić information content (AvgIpc) is 2.93. The summed E-state index contributed by atoms with van der Waals surface area (Å²) in [7, 11) is 1.69. The molecule has 0 aromatic heterocycles. The zero-order valence-corrected chi connectivity index (χ0v) is 16.4. The molecule has 23 heavy (non-hydrogen) atoms. The van der Waals surface area contributed by atoms with Crippen LogP contribution in [-0.2, 0) is 11.3 Å². The summed E-state index contributed by atoms with van der Waals surface area (Å²) in [4.78, 5) is 7.01. The maximum atomic E-state index is 5.95. The van der Waals surface area contributed by atoms with Crippen LogP contribution in [0.25, 0.3) is 0 Å². The normalized spacial score (nSPS) is 20.1. The van der Waals surface area contributed by atoms with Gasteiger partial charge in [0.15, 0.2) is 5.96 Å². The number of hydrogen-bond acceptors (Lipinski definition) is 3. The van der Waals surface area contributed by atoms with Crippen molar-refractivity contribution in [1.82, 2.24) is 10.2 Å². The summed E-state index contributed by atoms with van der Waals surface area (Å²) >= 11 is 0. The van der Waals surface area contributed by atoms with Gasteiger partial charge in [0, 0.05) is 25.7 Å². The minimum absolute atomic E-state index is 0. The maximum Gasteiger partial charge on any atom is 0.188 e. The van der Waals surface area contributed by atoms with Crippen LogP contribution >= 0.6 is 24.0 Å². The van der Waals surface area contributed by atoms with Crippen molar-refractivity contribution in [3.63, 3.8) is 0 Å². The van der Waals surface area contributed by atoms with Crippen molar-refractivity contribution < 1.29 is 4.74 Å². The van der Waals surface area contributed by atoms with E-state index in [9.17, 15) is 0 Å². The van der Waals surface area contributed by atoms with Crippen molar-refractivity contribution in [1.29, 1.82) is 0 Å². The fourth-order valence-corrected chi connectivity index (χ4v) is 2.92. The van der Waals surface area contributed by atoms with Gasteiger partial charge < -0.3 is 15.8 Å². The summed E-state index contributed by atoms with van der Waals surface area (Å²) in [5.74, 6) is 0.510. The van der Waals surface area contributed by atoms with Gasteiger partial charge in [0.05, 0.1) is 13.2 Å². The zero-order valence-electron chi connectivity index (χ0n) is 14.1. The van der Waals surface area contributed by atoms with Gasteiger partial charge in [-0.15, -0.1) is 24.0 Å². The molecule has 2 rings (SSSR count). The smallest absolute Gasteiger partial charge is 0.188 e. The molecule has 1 aliphatic heterocycles. The molecule has 0 saturated carbocycles. The largest absolute Gasteiger partial charge is 0.383 e. The highest BCUT2D eigenvalue weighted by Crippen LogP contribution is 2.20. The number of likely N-dealkylation sites (tertiary alicyclic amines) is 1. The lowest BCUT2D eigenvalue weighted by atomic mass is 10.2. The Balaban J connectivity index is 0.00000264. The highest BCUT2D eigenvalue weighted by atomic mass is 127. The van der Waals surface area contributed by atoms with Gasteiger partial charge in [-0.1, -0.05) is 30.3 Å². The summed E-state index contributed by atoms with van der Waals surface area (Å²) in [5, 5.41) is 3.15. The number of ether oxygens (including phenoxy) is 1. The van der Waals surface area contributed by atoms with Crippen LogP contribution in [0.2, 0.25) is 0 Å². The van der Waals surface area contributed by atoms with E-state index in [1.165, 1.54) is 18.4 Å². The molecular weight excluding hydrogens is 403 g/mol. The number of rotatable bonds is 7. The van der Waals surface area contributed by atoms with E-state index in [1.54, 1.807) is 7.11 Å². The molecular formula is C17H29IN4O. The van der Waals surface area contributed by atoms with Crippen LogP contribution in [0.15, 0.2) is 35.3 Å². The lowest BCUT2D eigenvalue weighted by molar-refractivity contribution is 0.179. The minimum Gasteiger partial charge on any atom is -0.383 e. The van der Waals surface area contributed by atoms with Crippen LogP contribution < -0.4 is 11.1 Å². The first-order valence-corrected chi connectivity index (χ1v) is 8.02. The Hall–Kier alpha value is -0.860. The van der Waals surface area contributed by atoms with E-state index in [0.29, 0.717) is 18.6 Å². The lowest BCUT2D eigenvalue weighted by Crippen LogP contribution is -2.41. The second-order valence-corrected chi connectivity index (χ2v) is 5.98. The quantitative estimate of drug-likeness (QED) is 0.394. The third-order valence-electron chi connectivity index (χ3n) is 4.01. The van der Waals surface area contributed by atoms with Gasteiger partial charge in [0.2, 0.25) is 0 Å². The summed E-state index contributed by atoms with van der Waals surface area (Å²) in [6.07, 6.45) is 2.43. The Kier molecular flexibility index (Phi) is 9.50. The topological polar surface area (TPSA) is 62.9 Å². The van der Waals surface area contributed by atoms with E-state index in [4.69, 9.17) is 10.5 Å².